The van der Waals surface area contributed by atoms with Gasteiger partial charge in [0, 0.05) is 37.5 Å². The molecule has 1 amide bonds. The fourth-order valence-electron chi connectivity index (χ4n) is 4.50. The molecule has 1 aromatic heterocycles. The van der Waals surface area contributed by atoms with E-state index in [0.717, 1.165) is 30.6 Å². The minimum atomic E-state index is -0.668. The molecule has 2 aliphatic rings. The number of aromatic nitrogens is 1. The molecule has 1 aromatic carbocycles. The molecule has 4 rings (SSSR count). The van der Waals surface area contributed by atoms with Gasteiger partial charge in [0.05, 0.1) is 11.6 Å². The van der Waals surface area contributed by atoms with Crippen LogP contribution in [0, 0.1) is 0 Å². The van der Waals surface area contributed by atoms with Crippen molar-refractivity contribution < 1.29 is 19.4 Å². The largest absolute Gasteiger partial charge is 0.507 e. The maximum absolute atomic E-state index is 13.1. The first-order valence-electron chi connectivity index (χ1n) is 11.1. The van der Waals surface area contributed by atoms with Crippen molar-refractivity contribution in [2.45, 2.75) is 39.3 Å². The Balaban J connectivity index is 1.76. The van der Waals surface area contributed by atoms with Crippen molar-refractivity contribution in [3.63, 3.8) is 0 Å². The molecule has 0 bridgehead atoms. The molecular formula is C25H29N3O4. The molecule has 2 unspecified atom stereocenters. The molecule has 1 saturated heterocycles. The first-order chi connectivity index (χ1) is 15.4. The molecule has 32 heavy (non-hydrogen) atoms. The van der Waals surface area contributed by atoms with Gasteiger partial charge in [0.25, 0.3) is 11.7 Å². The number of likely N-dealkylation sites (tertiary alicyclic amines) is 1. The average molecular weight is 436 g/mol. The van der Waals surface area contributed by atoms with Crippen molar-refractivity contribution in [3.8, 4) is 5.75 Å². The average Bonchev–Trinajstić information content (AvgIpc) is 3.30. The number of rotatable bonds is 7. The van der Waals surface area contributed by atoms with Gasteiger partial charge in [0.2, 0.25) is 0 Å². The molecule has 0 radical (unpaired) electrons. The van der Waals surface area contributed by atoms with Crippen LogP contribution in [-0.4, -0.2) is 63.9 Å². The number of hydrogen-bond donors (Lipinski definition) is 1. The normalized spacial score (nSPS) is 21.8. The van der Waals surface area contributed by atoms with E-state index in [1.165, 1.54) is 0 Å². The molecule has 2 aromatic rings. The minimum absolute atomic E-state index is 0.0740. The van der Waals surface area contributed by atoms with Crippen molar-refractivity contribution in [1.29, 1.82) is 0 Å². The number of aliphatic hydroxyl groups excluding tert-OH is 1. The highest BCUT2D eigenvalue weighted by Gasteiger charge is 2.46. The van der Waals surface area contributed by atoms with E-state index in [9.17, 15) is 14.7 Å². The highest BCUT2D eigenvalue weighted by molar-refractivity contribution is 6.46. The number of pyridine rings is 1. The van der Waals surface area contributed by atoms with E-state index in [1.807, 2.05) is 13.0 Å². The number of ketones is 1. The van der Waals surface area contributed by atoms with Gasteiger partial charge in [-0.3, -0.25) is 14.6 Å². The van der Waals surface area contributed by atoms with Gasteiger partial charge in [0.1, 0.15) is 17.6 Å². The van der Waals surface area contributed by atoms with Crippen LogP contribution in [0.3, 0.4) is 0 Å². The van der Waals surface area contributed by atoms with Crippen molar-refractivity contribution in [2.75, 3.05) is 26.2 Å². The number of ether oxygens (including phenoxy) is 1. The Morgan fingerprint density at radius 1 is 1.19 bits per heavy atom. The standard InChI is InChI=1S/C25H29N3O4/c1-4-27(5-2)12-13-28-22(17-8-10-26-11-9-17)21(24(30)25(28)31)23(29)19-7-6-18-14-16(3)32-20(18)15-19/h6-11,15-16,22,29H,4-5,12-14H2,1-3H3. The van der Waals surface area contributed by atoms with Crippen LogP contribution in [-0.2, 0) is 16.0 Å². The maximum Gasteiger partial charge on any atom is 0.295 e. The highest BCUT2D eigenvalue weighted by atomic mass is 16.5. The van der Waals surface area contributed by atoms with E-state index in [1.54, 1.807) is 41.6 Å². The lowest BCUT2D eigenvalue weighted by Crippen LogP contribution is -2.38. The zero-order valence-corrected chi connectivity index (χ0v) is 18.7. The van der Waals surface area contributed by atoms with Gasteiger partial charge in [-0.1, -0.05) is 26.0 Å². The number of Topliss-reactive ketones (excluding diaryl/α,β-unsaturated/α-hetero) is 1. The molecule has 7 heteroatoms. The Morgan fingerprint density at radius 3 is 2.59 bits per heavy atom. The number of fused-ring (bicyclic) bond motifs is 1. The lowest BCUT2D eigenvalue weighted by atomic mass is 9.95. The summed E-state index contributed by atoms with van der Waals surface area (Å²) < 4.78 is 5.82. The van der Waals surface area contributed by atoms with E-state index in [0.29, 0.717) is 24.4 Å². The monoisotopic (exact) mass is 435 g/mol. The summed E-state index contributed by atoms with van der Waals surface area (Å²) in [7, 11) is 0. The SMILES string of the molecule is CCN(CC)CCN1C(=O)C(=O)C(=C(O)c2ccc3c(c2)OC(C)C3)C1c1ccncc1. The Kier molecular flexibility index (Phi) is 6.28. The minimum Gasteiger partial charge on any atom is -0.507 e. The Hall–Kier alpha value is -3.19. The van der Waals surface area contributed by atoms with E-state index in [-0.39, 0.29) is 17.4 Å². The van der Waals surface area contributed by atoms with Gasteiger partial charge >= 0.3 is 0 Å². The van der Waals surface area contributed by atoms with Crippen molar-refractivity contribution in [2.24, 2.45) is 0 Å². The molecule has 0 spiro atoms. The Bertz CT molecular complexity index is 1050. The van der Waals surface area contributed by atoms with Crippen LogP contribution < -0.4 is 4.74 Å². The smallest absolute Gasteiger partial charge is 0.295 e. The predicted octanol–water partition coefficient (Wildman–Crippen LogP) is 3.17. The van der Waals surface area contributed by atoms with Gasteiger partial charge in [-0.2, -0.15) is 0 Å². The molecule has 0 saturated carbocycles. The van der Waals surface area contributed by atoms with Crippen LogP contribution in [0.1, 0.15) is 43.5 Å². The first kappa shape index (κ1) is 22.0. The van der Waals surface area contributed by atoms with Crippen molar-refractivity contribution >= 4 is 17.4 Å². The zero-order chi connectivity index (χ0) is 22.8. The molecular weight excluding hydrogens is 406 g/mol. The summed E-state index contributed by atoms with van der Waals surface area (Å²) in [5, 5.41) is 11.2. The third-order valence-electron chi connectivity index (χ3n) is 6.29. The number of hydrogen-bond acceptors (Lipinski definition) is 6. The number of likely N-dealkylation sites (N-methyl/N-ethyl adjacent to an activating group) is 1. The second kappa shape index (κ2) is 9.12. The molecule has 168 valence electrons. The molecule has 2 aliphatic heterocycles. The van der Waals surface area contributed by atoms with E-state index in [2.05, 4.69) is 23.7 Å². The van der Waals surface area contributed by atoms with Gasteiger partial charge in [-0.05, 0) is 49.3 Å². The predicted molar refractivity (Wildman–Crippen MR) is 121 cm³/mol. The summed E-state index contributed by atoms with van der Waals surface area (Å²) in [6.07, 6.45) is 4.14. The fraction of sp³-hybridized carbons (Fsp3) is 0.400. The number of nitrogens with zero attached hydrogens (tertiary/aromatic N) is 3. The molecule has 0 aliphatic carbocycles. The summed E-state index contributed by atoms with van der Waals surface area (Å²) in [6, 6.07) is 8.33. The molecule has 1 fully saturated rings. The van der Waals surface area contributed by atoms with Crippen LogP contribution >= 0.6 is 0 Å². The lowest BCUT2D eigenvalue weighted by molar-refractivity contribution is -0.140. The second-order valence-electron chi connectivity index (χ2n) is 8.26. The number of benzene rings is 1. The molecule has 1 N–H and O–H groups in total. The Morgan fingerprint density at radius 2 is 1.91 bits per heavy atom. The van der Waals surface area contributed by atoms with Crippen LogP contribution in [0.2, 0.25) is 0 Å². The number of amides is 1. The topological polar surface area (TPSA) is 83.0 Å². The summed E-state index contributed by atoms with van der Waals surface area (Å²) >= 11 is 0. The van der Waals surface area contributed by atoms with Crippen molar-refractivity contribution in [1.82, 2.24) is 14.8 Å². The second-order valence-corrected chi connectivity index (χ2v) is 8.26. The molecule has 3 heterocycles. The zero-order valence-electron chi connectivity index (χ0n) is 18.7. The van der Waals surface area contributed by atoms with Gasteiger partial charge < -0.3 is 19.6 Å². The number of carbonyl (C=O) groups excluding carboxylic acids is 2. The maximum atomic E-state index is 13.1. The van der Waals surface area contributed by atoms with Crippen molar-refractivity contribution in [3.05, 3.63) is 65.0 Å². The van der Waals surface area contributed by atoms with Crippen LogP contribution in [0.4, 0.5) is 0 Å². The van der Waals surface area contributed by atoms with Crippen LogP contribution in [0.5, 0.6) is 5.75 Å². The lowest BCUT2D eigenvalue weighted by Gasteiger charge is -2.28. The van der Waals surface area contributed by atoms with Crippen LogP contribution in [0.15, 0.2) is 48.3 Å². The van der Waals surface area contributed by atoms with Crippen LogP contribution in [0.25, 0.3) is 5.76 Å². The Labute approximate surface area is 188 Å². The van der Waals surface area contributed by atoms with Gasteiger partial charge in [-0.25, -0.2) is 0 Å². The number of carbonyl (C=O) groups is 2. The number of aliphatic hydroxyl groups is 1. The highest BCUT2D eigenvalue weighted by Crippen LogP contribution is 2.40. The summed E-state index contributed by atoms with van der Waals surface area (Å²) in [6.45, 7) is 8.86. The molecule has 7 nitrogen and oxygen atoms in total. The third-order valence-corrected chi connectivity index (χ3v) is 6.29. The van der Waals surface area contributed by atoms with E-state index < -0.39 is 17.7 Å². The van der Waals surface area contributed by atoms with E-state index >= 15 is 0 Å². The summed E-state index contributed by atoms with van der Waals surface area (Å²) in [5.74, 6) is -0.732. The summed E-state index contributed by atoms with van der Waals surface area (Å²) in [4.78, 5) is 34.0. The first-order valence-corrected chi connectivity index (χ1v) is 11.1. The summed E-state index contributed by atoms with van der Waals surface area (Å²) in [5.41, 5.74) is 2.39. The van der Waals surface area contributed by atoms with Gasteiger partial charge in [-0.15, -0.1) is 0 Å². The molecule has 2 atom stereocenters. The quantitative estimate of drug-likeness (QED) is 0.409. The van der Waals surface area contributed by atoms with E-state index in [4.69, 9.17) is 4.74 Å². The van der Waals surface area contributed by atoms with Gasteiger partial charge in [0.15, 0.2) is 0 Å². The third kappa shape index (κ3) is 4.00. The fourth-order valence-corrected chi connectivity index (χ4v) is 4.50.